The smallest absolute Gasteiger partial charge is 0.240 e. The number of hydrogen-bond acceptors (Lipinski definition) is 4. The molecule has 0 heterocycles. The number of nitrogen functional groups attached to an aromatic ring is 1. The van der Waals surface area contributed by atoms with Crippen LogP contribution in [-0.4, -0.2) is 30.7 Å². The Morgan fingerprint density at radius 2 is 2.11 bits per heavy atom. The summed E-state index contributed by atoms with van der Waals surface area (Å²) < 4.78 is 37.3. The predicted molar refractivity (Wildman–Crippen MR) is 74.6 cm³/mol. The molecule has 1 rings (SSSR count). The molecule has 0 aromatic heterocycles. The van der Waals surface area contributed by atoms with Gasteiger partial charge in [0, 0.05) is 28.9 Å². The van der Waals surface area contributed by atoms with Crippen molar-refractivity contribution in [1.29, 1.82) is 0 Å². The normalized spacial score (nSPS) is 13.4. The number of halogens is 1. The van der Waals surface area contributed by atoms with Crippen molar-refractivity contribution < 1.29 is 12.6 Å². The lowest BCUT2D eigenvalue weighted by molar-refractivity contribution is 0.584. The standard InChI is InChI=1S/C10H15ClN2O3S2/c1-2-17(14)6-5-13-18(15,16)8-3-4-9(11)10(12)7-8/h3-4,7,13H,2,5-6,12H2,1H3. The van der Waals surface area contributed by atoms with Crippen molar-refractivity contribution in [2.75, 3.05) is 23.8 Å². The molecule has 1 atom stereocenters. The molecule has 5 nitrogen and oxygen atoms in total. The van der Waals surface area contributed by atoms with E-state index in [1.54, 1.807) is 6.92 Å². The van der Waals surface area contributed by atoms with Crippen LogP contribution in [0, 0.1) is 0 Å². The van der Waals surface area contributed by atoms with E-state index in [0.717, 1.165) is 0 Å². The highest BCUT2D eigenvalue weighted by Gasteiger charge is 2.14. The van der Waals surface area contributed by atoms with Gasteiger partial charge in [0.25, 0.3) is 0 Å². The largest absolute Gasteiger partial charge is 0.397 e. The molecule has 0 aliphatic heterocycles. The summed E-state index contributed by atoms with van der Waals surface area (Å²) in [7, 11) is -4.63. The summed E-state index contributed by atoms with van der Waals surface area (Å²) in [6.07, 6.45) is 0. The third-order valence-electron chi connectivity index (χ3n) is 2.22. The third kappa shape index (κ3) is 4.24. The highest BCUT2D eigenvalue weighted by atomic mass is 35.5. The highest BCUT2D eigenvalue weighted by molar-refractivity contribution is 7.89. The van der Waals surface area contributed by atoms with Crippen LogP contribution < -0.4 is 10.5 Å². The van der Waals surface area contributed by atoms with Crippen LogP contribution in [-0.2, 0) is 20.8 Å². The number of hydrogen-bond donors (Lipinski definition) is 2. The Kier molecular flexibility index (Phi) is 5.58. The summed E-state index contributed by atoms with van der Waals surface area (Å²) in [5, 5.41) is 0.307. The van der Waals surface area contributed by atoms with Crippen LogP contribution in [0.1, 0.15) is 6.92 Å². The Bertz CT molecular complexity index is 546. The zero-order valence-electron chi connectivity index (χ0n) is 9.85. The number of rotatable bonds is 6. The molecule has 0 bridgehead atoms. The first kappa shape index (κ1) is 15.4. The zero-order chi connectivity index (χ0) is 13.8. The topological polar surface area (TPSA) is 89.3 Å². The van der Waals surface area contributed by atoms with E-state index >= 15 is 0 Å². The summed E-state index contributed by atoms with van der Waals surface area (Å²) in [5.41, 5.74) is 5.75. The van der Waals surface area contributed by atoms with Gasteiger partial charge in [-0.3, -0.25) is 4.21 Å². The molecule has 1 unspecified atom stereocenters. The molecule has 102 valence electrons. The maximum Gasteiger partial charge on any atom is 0.240 e. The van der Waals surface area contributed by atoms with Gasteiger partial charge in [0.15, 0.2) is 0 Å². The first-order chi connectivity index (χ1) is 8.36. The second kappa shape index (κ2) is 6.51. The Morgan fingerprint density at radius 3 is 2.67 bits per heavy atom. The quantitative estimate of drug-likeness (QED) is 0.766. The molecule has 0 saturated carbocycles. The molecular weight excluding hydrogens is 296 g/mol. The Balaban J connectivity index is 2.74. The van der Waals surface area contributed by atoms with Gasteiger partial charge < -0.3 is 5.73 Å². The van der Waals surface area contributed by atoms with Gasteiger partial charge in [0.1, 0.15) is 0 Å². The molecule has 0 aliphatic carbocycles. The first-order valence-corrected chi connectivity index (χ1v) is 8.61. The van der Waals surface area contributed by atoms with E-state index < -0.39 is 20.8 Å². The second-order valence-corrected chi connectivity index (χ2v) is 7.55. The molecule has 0 aliphatic rings. The first-order valence-electron chi connectivity index (χ1n) is 5.26. The molecule has 0 saturated heterocycles. The molecule has 1 aromatic rings. The van der Waals surface area contributed by atoms with Crippen LogP contribution in [0.15, 0.2) is 23.1 Å². The summed E-state index contributed by atoms with van der Waals surface area (Å²) in [6.45, 7) is 1.91. The molecule has 0 radical (unpaired) electrons. The fraction of sp³-hybridized carbons (Fsp3) is 0.400. The average molecular weight is 311 g/mol. The molecule has 0 spiro atoms. The summed E-state index contributed by atoms with van der Waals surface area (Å²) in [4.78, 5) is 0.0479. The molecule has 3 N–H and O–H groups in total. The molecule has 0 amide bonds. The monoisotopic (exact) mass is 310 g/mol. The number of anilines is 1. The summed E-state index contributed by atoms with van der Waals surface area (Å²) in [5.74, 6) is 0.800. The lowest BCUT2D eigenvalue weighted by Gasteiger charge is -2.07. The lowest BCUT2D eigenvalue weighted by atomic mass is 10.3. The van der Waals surface area contributed by atoms with Crippen LogP contribution in [0.4, 0.5) is 5.69 Å². The number of nitrogens with one attached hydrogen (secondary N) is 1. The Labute approximate surface area is 114 Å². The minimum atomic E-state index is -3.63. The van der Waals surface area contributed by atoms with Gasteiger partial charge in [0.05, 0.1) is 15.6 Å². The van der Waals surface area contributed by atoms with Gasteiger partial charge in [-0.05, 0) is 18.2 Å². The number of benzene rings is 1. The minimum absolute atomic E-state index is 0.0479. The SMILES string of the molecule is CCS(=O)CCNS(=O)(=O)c1ccc(Cl)c(N)c1. The van der Waals surface area contributed by atoms with Gasteiger partial charge in [-0.1, -0.05) is 18.5 Å². The zero-order valence-corrected chi connectivity index (χ0v) is 12.2. The van der Waals surface area contributed by atoms with E-state index in [1.165, 1.54) is 18.2 Å². The molecule has 8 heteroatoms. The van der Waals surface area contributed by atoms with Crippen LogP contribution in [0.2, 0.25) is 5.02 Å². The van der Waals surface area contributed by atoms with E-state index in [1.807, 2.05) is 0 Å². The fourth-order valence-corrected chi connectivity index (χ4v) is 3.14. The summed E-state index contributed by atoms with van der Waals surface area (Å²) >= 11 is 5.71. The maximum atomic E-state index is 11.9. The number of nitrogens with two attached hydrogens (primary N) is 1. The Hall–Kier alpha value is -0.630. The Morgan fingerprint density at radius 1 is 1.44 bits per heavy atom. The second-order valence-electron chi connectivity index (χ2n) is 3.51. The van der Waals surface area contributed by atoms with Crippen LogP contribution in [0.25, 0.3) is 0 Å². The molecule has 0 fully saturated rings. The van der Waals surface area contributed by atoms with Gasteiger partial charge in [0.2, 0.25) is 10.0 Å². The predicted octanol–water partition coefficient (Wildman–Crippen LogP) is 0.969. The molecular formula is C10H15ClN2O3S2. The minimum Gasteiger partial charge on any atom is -0.397 e. The lowest BCUT2D eigenvalue weighted by Crippen LogP contribution is -2.28. The third-order valence-corrected chi connectivity index (χ3v) is 5.33. The van der Waals surface area contributed by atoms with E-state index in [4.69, 9.17) is 17.3 Å². The van der Waals surface area contributed by atoms with Crippen molar-refractivity contribution in [3.05, 3.63) is 23.2 Å². The fourth-order valence-electron chi connectivity index (χ4n) is 1.21. The van der Waals surface area contributed by atoms with Crippen molar-refractivity contribution in [2.45, 2.75) is 11.8 Å². The van der Waals surface area contributed by atoms with Crippen molar-refractivity contribution in [2.24, 2.45) is 0 Å². The van der Waals surface area contributed by atoms with Gasteiger partial charge in [-0.2, -0.15) is 0 Å². The van der Waals surface area contributed by atoms with Gasteiger partial charge in [-0.25, -0.2) is 13.1 Å². The maximum absolute atomic E-state index is 11.9. The summed E-state index contributed by atoms with van der Waals surface area (Å²) in [6, 6.07) is 4.09. The van der Waals surface area contributed by atoms with E-state index in [2.05, 4.69) is 4.72 Å². The van der Waals surface area contributed by atoms with E-state index in [9.17, 15) is 12.6 Å². The van der Waals surface area contributed by atoms with Crippen molar-refractivity contribution >= 4 is 38.1 Å². The van der Waals surface area contributed by atoms with Crippen molar-refractivity contribution in [3.63, 3.8) is 0 Å². The van der Waals surface area contributed by atoms with Gasteiger partial charge >= 0.3 is 0 Å². The molecule has 18 heavy (non-hydrogen) atoms. The van der Waals surface area contributed by atoms with Crippen molar-refractivity contribution in [3.8, 4) is 0 Å². The van der Waals surface area contributed by atoms with Crippen LogP contribution in [0.3, 0.4) is 0 Å². The van der Waals surface area contributed by atoms with Crippen LogP contribution >= 0.6 is 11.6 Å². The molecule has 1 aromatic carbocycles. The van der Waals surface area contributed by atoms with Crippen LogP contribution in [0.5, 0.6) is 0 Å². The van der Waals surface area contributed by atoms with Crippen molar-refractivity contribution in [1.82, 2.24) is 4.72 Å². The van der Waals surface area contributed by atoms with Gasteiger partial charge in [-0.15, -0.1) is 0 Å². The number of sulfonamides is 1. The average Bonchev–Trinajstić information content (AvgIpc) is 2.32. The van der Waals surface area contributed by atoms with E-state index in [-0.39, 0.29) is 17.1 Å². The van der Waals surface area contributed by atoms with E-state index in [0.29, 0.717) is 16.5 Å². The highest BCUT2D eigenvalue weighted by Crippen LogP contribution is 2.21.